The highest BCUT2D eigenvalue weighted by molar-refractivity contribution is 5.95. The number of carbonyl (C=O) groups is 1. The zero-order valence-electron chi connectivity index (χ0n) is 18.0. The highest BCUT2D eigenvalue weighted by Crippen LogP contribution is 2.27. The summed E-state index contributed by atoms with van der Waals surface area (Å²) in [5.74, 6) is 1.36. The Morgan fingerprint density at radius 2 is 1.69 bits per heavy atom. The van der Waals surface area contributed by atoms with Crippen molar-refractivity contribution in [3.05, 3.63) is 54.1 Å². The molecule has 5 heteroatoms. The van der Waals surface area contributed by atoms with Crippen LogP contribution in [0, 0.1) is 0 Å². The molecule has 1 N–H and O–H groups in total. The molecule has 0 aliphatic carbocycles. The maximum Gasteiger partial charge on any atom is 0.241 e. The lowest BCUT2D eigenvalue weighted by Crippen LogP contribution is -2.52. The molecule has 5 nitrogen and oxygen atoms in total. The lowest BCUT2D eigenvalue weighted by molar-refractivity contribution is -0.120. The van der Waals surface area contributed by atoms with E-state index in [2.05, 4.69) is 47.2 Å². The van der Waals surface area contributed by atoms with Crippen molar-refractivity contribution in [1.29, 1.82) is 0 Å². The number of rotatable bonds is 7. The number of amides is 1. The average Bonchev–Trinajstić information content (AvgIpc) is 2.78. The molecule has 1 heterocycles. The van der Waals surface area contributed by atoms with Crippen molar-refractivity contribution >= 4 is 17.3 Å². The minimum atomic E-state index is -0.155. The number of hydrogen-bond donors (Lipinski definition) is 1. The lowest BCUT2D eigenvalue weighted by atomic mass is 9.97. The molecule has 0 spiro atoms. The van der Waals surface area contributed by atoms with Crippen LogP contribution in [0.1, 0.15) is 38.7 Å². The molecular formula is C24H33N3O2. The first-order valence-corrected chi connectivity index (χ1v) is 10.6. The Morgan fingerprint density at radius 1 is 1.03 bits per heavy atom. The molecule has 1 amide bonds. The van der Waals surface area contributed by atoms with Gasteiger partial charge in [0.05, 0.1) is 13.2 Å². The summed E-state index contributed by atoms with van der Waals surface area (Å²) in [5.41, 5.74) is 3.35. The number of nitrogens with zero attached hydrogens (tertiary/aromatic N) is 2. The Bertz CT molecular complexity index is 798. The van der Waals surface area contributed by atoms with Gasteiger partial charge in [0.25, 0.3) is 0 Å². The molecule has 2 aromatic rings. The molecule has 1 saturated heterocycles. The van der Waals surface area contributed by atoms with Gasteiger partial charge in [-0.2, -0.15) is 0 Å². The van der Waals surface area contributed by atoms with Crippen LogP contribution in [-0.2, 0) is 4.79 Å². The van der Waals surface area contributed by atoms with Crippen LogP contribution < -0.4 is 15.0 Å². The third kappa shape index (κ3) is 5.10. The molecular weight excluding hydrogens is 362 g/mol. The molecule has 1 aliphatic rings. The van der Waals surface area contributed by atoms with E-state index in [4.69, 9.17) is 4.74 Å². The summed E-state index contributed by atoms with van der Waals surface area (Å²) in [6.07, 6.45) is 1.05. The number of benzene rings is 2. The molecule has 3 rings (SSSR count). The normalized spacial score (nSPS) is 16.9. The Hall–Kier alpha value is -2.53. The largest absolute Gasteiger partial charge is 0.497 e. The van der Waals surface area contributed by atoms with E-state index in [1.807, 2.05) is 37.3 Å². The van der Waals surface area contributed by atoms with E-state index in [9.17, 15) is 4.79 Å². The third-order valence-corrected chi connectivity index (χ3v) is 6.04. The topological polar surface area (TPSA) is 44.8 Å². The van der Waals surface area contributed by atoms with Crippen molar-refractivity contribution in [1.82, 2.24) is 4.90 Å². The minimum Gasteiger partial charge on any atom is -0.497 e. The van der Waals surface area contributed by atoms with Crippen molar-refractivity contribution in [3.63, 3.8) is 0 Å². The summed E-state index contributed by atoms with van der Waals surface area (Å²) in [6.45, 7) is 9.94. The number of ether oxygens (including phenoxy) is 1. The molecule has 1 fully saturated rings. The fraction of sp³-hybridized carbons (Fsp3) is 0.458. The predicted molar refractivity (Wildman–Crippen MR) is 120 cm³/mol. The number of hydrogen-bond acceptors (Lipinski definition) is 4. The molecule has 29 heavy (non-hydrogen) atoms. The van der Waals surface area contributed by atoms with E-state index in [0.717, 1.165) is 44.0 Å². The van der Waals surface area contributed by atoms with E-state index in [-0.39, 0.29) is 11.9 Å². The summed E-state index contributed by atoms with van der Waals surface area (Å²) in [4.78, 5) is 17.5. The number of para-hydroxylation sites is 1. The van der Waals surface area contributed by atoms with Gasteiger partial charge in [0.2, 0.25) is 5.91 Å². The molecule has 156 valence electrons. The monoisotopic (exact) mass is 395 g/mol. The third-order valence-electron chi connectivity index (χ3n) is 6.04. The predicted octanol–water partition coefficient (Wildman–Crippen LogP) is 4.36. The first kappa shape index (κ1) is 21.2. The second kappa shape index (κ2) is 9.79. The molecule has 0 aromatic heterocycles. The van der Waals surface area contributed by atoms with Crippen molar-refractivity contribution in [2.45, 2.75) is 39.2 Å². The maximum absolute atomic E-state index is 12.9. The van der Waals surface area contributed by atoms with Gasteiger partial charge in [-0.05, 0) is 55.2 Å². The van der Waals surface area contributed by atoms with Gasteiger partial charge in [-0.1, -0.05) is 32.0 Å². The van der Waals surface area contributed by atoms with Gasteiger partial charge in [-0.3, -0.25) is 9.69 Å². The smallest absolute Gasteiger partial charge is 0.241 e. The summed E-state index contributed by atoms with van der Waals surface area (Å²) < 4.78 is 5.24. The van der Waals surface area contributed by atoms with Crippen LogP contribution in [0.3, 0.4) is 0 Å². The Balaban J connectivity index is 1.57. The van der Waals surface area contributed by atoms with E-state index in [1.165, 1.54) is 11.3 Å². The van der Waals surface area contributed by atoms with Gasteiger partial charge in [0, 0.05) is 37.6 Å². The van der Waals surface area contributed by atoms with E-state index >= 15 is 0 Å². The molecule has 2 atom stereocenters. The van der Waals surface area contributed by atoms with Crippen LogP contribution in [-0.4, -0.2) is 50.1 Å². The van der Waals surface area contributed by atoms with Gasteiger partial charge >= 0.3 is 0 Å². The van der Waals surface area contributed by atoms with Gasteiger partial charge in [-0.25, -0.2) is 0 Å². The molecule has 0 radical (unpaired) electrons. The highest BCUT2D eigenvalue weighted by Gasteiger charge is 2.26. The average molecular weight is 396 g/mol. The van der Waals surface area contributed by atoms with Crippen LogP contribution >= 0.6 is 0 Å². The molecule has 1 aliphatic heterocycles. The maximum atomic E-state index is 12.9. The van der Waals surface area contributed by atoms with Crippen molar-refractivity contribution in [3.8, 4) is 5.75 Å². The van der Waals surface area contributed by atoms with Crippen LogP contribution in [0.15, 0.2) is 48.5 Å². The number of nitrogens with one attached hydrogen (secondary N) is 1. The van der Waals surface area contributed by atoms with Crippen LogP contribution in [0.4, 0.5) is 11.4 Å². The molecule has 2 aromatic carbocycles. The van der Waals surface area contributed by atoms with Crippen LogP contribution in [0.5, 0.6) is 5.75 Å². The fourth-order valence-corrected chi connectivity index (χ4v) is 3.82. The van der Waals surface area contributed by atoms with Crippen LogP contribution in [0.2, 0.25) is 0 Å². The lowest BCUT2D eigenvalue weighted by Gasteiger charge is -2.38. The van der Waals surface area contributed by atoms with E-state index < -0.39 is 0 Å². The molecule has 0 unspecified atom stereocenters. The van der Waals surface area contributed by atoms with Gasteiger partial charge in [0.15, 0.2) is 0 Å². The number of methoxy groups -OCH3 is 1. The Morgan fingerprint density at radius 3 is 2.31 bits per heavy atom. The van der Waals surface area contributed by atoms with Crippen molar-refractivity contribution < 1.29 is 9.53 Å². The zero-order valence-corrected chi connectivity index (χ0v) is 18.0. The molecule has 0 saturated carbocycles. The number of anilines is 2. The Labute approximate surface area is 174 Å². The molecule has 0 bridgehead atoms. The van der Waals surface area contributed by atoms with Crippen molar-refractivity contribution in [2.24, 2.45) is 0 Å². The second-order valence-corrected chi connectivity index (χ2v) is 7.78. The van der Waals surface area contributed by atoms with Gasteiger partial charge in [0.1, 0.15) is 5.75 Å². The Kier molecular flexibility index (Phi) is 7.15. The van der Waals surface area contributed by atoms with Gasteiger partial charge < -0.3 is 15.0 Å². The SMILES string of the molecule is CC[C@@H](C)c1ccccc1NC(=O)[C@@H](C)N1CCN(c2ccc(OC)cc2)CC1. The van der Waals surface area contributed by atoms with Crippen LogP contribution in [0.25, 0.3) is 0 Å². The summed E-state index contributed by atoms with van der Waals surface area (Å²) in [5, 5.41) is 3.17. The highest BCUT2D eigenvalue weighted by atomic mass is 16.5. The standard InChI is InChI=1S/C24H33N3O2/c1-5-18(2)22-8-6-7-9-23(22)25-24(28)19(3)26-14-16-27(17-15-26)20-10-12-21(29-4)13-11-20/h6-13,18-19H,5,14-17H2,1-4H3,(H,25,28)/t18-,19-/m1/s1. The van der Waals surface area contributed by atoms with E-state index in [0.29, 0.717) is 5.92 Å². The van der Waals surface area contributed by atoms with Crippen molar-refractivity contribution in [2.75, 3.05) is 43.5 Å². The quantitative estimate of drug-likeness (QED) is 0.757. The van der Waals surface area contributed by atoms with E-state index in [1.54, 1.807) is 7.11 Å². The summed E-state index contributed by atoms with van der Waals surface area (Å²) in [6, 6.07) is 16.2. The first-order chi connectivity index (χ1) is 14.0. The number of piperazine rings is 1. The fourth-order valence-electron chi connectivity index (χ4n) is 3.82. The first-order valence-electron chi connectivity index (χ1n) is 10.6. The van der Waals surface area contributed by atoms with Gasteiger partial charge in [-0.15, -0.1) is 0 Å². The summed E-state index contributed by atoms with van der Waals surface area (Å²) >= 11 is 0. The minimum absolute atomic E-state index is 0.0682. The number of carbonyl (C=O) groups excluding carboxylic acids is 1. The summed E-state index contributed by atoms with van der Waals surface area (Å²) in [7, 11) is 1.68. The second-order valence-electron chi connectivity index (χ2n) is 7.78. The zero-order chi connectivity index (χ0) is 20.8.